The summed E-state index contributed by atoms with van der Waals surface area (Å²) in [6.45, 7) is -0.524. The molecule has 0 spiro atoms. The lowest BCUT2D eigenvalue weighted by Gasteiger charge is -2.31. The van der Waals surface area contributed by atoms with Gasteiger partial charge in [0.2, 0.25) is 5.91 Å². The second kappa shape index (κ2) is 12.6. The first kappa shape index (κ1) is 29.8. The van der Waals surface area contributed by atoms with Gasteiger partial charge in [-0.15, -0.1) is 12.4 Å². The van der Waals surface area contributed by atoms with E-state index in [0.29, 0.717) is 35.5 Å². The van der Waals surface area contributed by atoms with Gasteiger partial charge in [0.05, 0.1) is 0 Å². The highest BCUT2D eigenvalue weighted by atomic mass is 35.5. The molecule has 0 radical (unpaired) electrons. The van der Waals surface area contributed by atoms with E-state index in [4.69, 9.17) is 0 Å². The van der Waals surface area contributed by atoms with Crippen LogP contribution in [0.25, 0.3) is 11.1 Å². The first-order valence-corrected chi connectivity index (χ1v) is 13.0. The average molecular weight is 580 g/mol. The highest BCUT2D eigenvalue weighted by molar-refractivity contribution is 6.04. The Morgan fingerprint density at radius 3 is 1.88 bits per heavy atom. The molecule has 0 saturated heterocycles. The zero-order chi connectivity index (χ0) is 28.2. The molecule has 0 bridgehead atoms. The summed E-state index contributed by atoms with van der Waals surface area (Å²) >= 11 is 0. The second-order valence-electron chi connectivity index (χ2n) is 9.74. The minimum absolute atomic E-state index is 0. The van der Waals surface area contributed by atoms with E-state index in [1.165, 1.54) is 0 Å². The van der Waals surface area contributed by atoms with Gasteiger partial charge in [-0.2, -0.15) is 13.2 Å². The van der Waals surface area contributed by atoms with Gasteiger partial charge in [-0.1, -0.05) is 78.9 Å². The molecular formula is C32H29ClF3N3O2. The number of rotatable bonds is 9. The van der Waals surface area contributed by atoms with Crippen LogP contribution in [-0.2, 0) is 16.8 Å². The van der Waals surface area contributed by atoms with Gasteiger partial charge in [-0.05, 0) is 65.0 Å². The van der Waals surface area contributed by atoms with Crippen molar-refractivity contribution in [2.45, 2.75) is 24.6 Å². The molecule has 5 rings (SSSR count). The van der Waals surface area contributed by atoms with Crippen LogP contribution in [0.15, 0.2) is 103 Å². The lowest BCUT2D eigenvalue weighted by Crippen LogP contribution is -2.48. The Kier molecular flexibility index (Phi) is 9.15. The fourth-order valence-corrected chi connectivity index (χ4v) is 5.29. The molecule has 4 aromatic rings. The van der Waals surface area contributed by atoms with Gasteiger partial charge in [0, 0.05) is 17.8 Å². The van der Waals surface area contributed by atoms with Crippen molar-refractivity contribution in [3.05, 3.63) is 125 Å². The van der Waals surface area contributed by atoms with Gasteiger partial charge in [0.25, 0.3) is 5.91 Å². The van der Waals surface area contributed by atoms with Gasteiger partial charge >= 0.3 is 6.18 Å². The molecule has 9 heteroatoms. The number of hydrogen-bond donors (Lipinski definition) is 3. The molecule has 0 aromatic heterocycles. The molecule has 1 aliphatic carbocycles. The molecule has 0 fully saturated rings. The molecule has 0 saturated carbocycles. The Morgan fingerprint density at radius 1 is 0.732 bits per heavy atom. The maximum atomic E-state index is 13.6. The van der Waals surface area contributed by atoms with Crippen molar-refractivity contribution in [1.29, 1.82) is 0 Å². The number of hydrogen-bond acceptors (Lipinski definition) is 3. The second-order valence-corrected chi connectivity index (χ2v) is 9.74. The predicted molar refractivity (Wildman–Crippen MR) is 156 cm³/mol. The van der Waals surface area contributed by atoms with Crippen LogP contribution in [0.2, 0.25) is 0 Å². The first-order chi connectivity index (χ1) is 19.3. The summed E-state index contributed by atoms with van der Waals surface area (Å²) in [7, 11) is 0. The smallest absolute Gasteiger partial charge is 0.346 e. The molecule has 212 valence electrons. The molecule has 0 atom stereocenters. The van der Waals surface area contributed by atoms with Crippen LogP contribution in [-0.4, -0.2) is 31.1 Å². The fraction of sp³-hybridized carbons (Fsp3) is 0.188. The van der Waals surface area contributed by atoms with E-state index in [1.54, 1.807) is 24.3 Å². The van der Waals surface area contributed by atoms with Gasteiger partial charge in [-0.25, -0.2) is 0 Å². The standard InChI is InChI=1S/C32H28F3N3O2.ClH/c33-32(34,35)21-37-30(40)31(27-12-6-4-10-25(27)26-11-5-7-13-28(26)31)18-19-36-20-22-14-16-24(17-15-22)38-29(39)23-8-2-1-3-9-23;/h1-17,36H,18-21H2,(H,37,40)(H,38,39);1H. The van der Waals surface area contributed by atoms with Crippen molar-refractivity contribution >= 4 is 29.9 Å². The van der Waals surface area contributed by atoms with Crippen LogP contribution < -0.4 is 16.0 Å². The Labute approximate surface area is 242 Å². The highest BCUT2D eigenvalue weighted by Gasteiger charge is 2.49. The number of alkyl halides is 3. The van der Waals surface area contributed by atoms with E-state index < -0.39 is 24.0 Å². The Morgan fingerprint density at radius 2 is 1.29 bits per heavy atom. The molecule has 0 heterocycles. The number of fused-ring (bicyclic) bond motifs is 3. The summed E-state index contributed by atoms with van der Waals surface area (Å²) in [5, 5.41) is 8.36. The fourth-order valence-electron chi connectivity index (χ4n) is 5.29. The van der Waals surface area contributed by atoms with E-state index in [1.807, 2.05) is 78.9 Å². The Hall–Kier alpha value is -4.14. The maximum Gasteiger partial charge on any atom is 0.405 e. The normalized spacial score (nSPS) is 13.0. The number of anilines is 1. The third kappa shape index (κ3) is 6.45. The molecule has 0 unspecified atom stereocenters. The first-order valence-electron chi connectivity index (χ1n) is 13.0. The van der Waals surface area contributed by atoms with Crippen molar-refractivity contribution in [2.75, 3.05) is 18.4 Å². The van der Waals surface area contributed by atoms with Gasteiger partial charge in [-0.3, -0.25) is 9.59 Å². The summed E-state index contributed by atoms with van der Waals surface area (Å²) in [6.07, 6.45) is -4.24. The predicted octanol–water partition coefficient (Wildman–Crippen LogP) is 6.49. The lowest BCUT2D eigenvalue weighted by atomic mass is 9.74. The summed E-state index contributed by atoms with van der Waals surface area (Å²) in [4.78, 5) is 25.9. The largest absolute Gasteiger partial charge is 0.405 e. The summed E-state index contributed by atoms with van der Waals surface area (Å²) < 4.78 is 39.1. The van der Waals surface area contributed by atoms with Crippen molar-refractivity contribution in [3.63, 3.8) is 0 Å². The quantitative estimate of drug-likeness (QED) is 0.199. The van der Waals surface area contributed by atoms with Gasteiger partial charge < -0.3 is 16.0 Å². The van der Waals surface area contributed by atoms with Crippen LogP contribution in [0.5, 0.6) is 0 Å². The zero-order valence-corrected chi connectivity index (χ0v) is 22.8. The summed E-state index contributed by atoms with van der Waals surface area (Å²) in [5.41, 5.74) is 4.06. The number of carbonyl (C=O) groups is 2. The number of nitrogens with one attached hydrogen (secondary N) is 3. The number of carbonyl (C=O) groups excluding carboxylic acids is 2. The minimum atomic E-state index is -4.51. The third-order valence-corrected chi connectivity index (χ3v) is 7.15. The lowest BCUT2D eigenvalue weighted by molar-refractivity contribution is -0.141. The molecule has 0 aliphatic heterocycles. The third-order valence-electron chi connectivity index (χ3n) is 7.15. The van der Waals surface area contributed by atoms with Crippen LogP contribution in [0.3, 0.4) is 0 Å². The number of amides is 2. The van der Waals surface area contributed by atoms with Crippen LogP contribution >= 0.6 is 12.4 Å². The van der Waals surface area contributed by atoms with E-state index in [9.17, 15) is 22.8 Å². The van der Waals surface area contributed by atoms with E-state index >= 15 is 0 Å². The maximum absolute atomic E-state index is 13.6. The minimum Gasteiger partial charge on any atom is -0.346 e. The average Bonchev–Trinajstić information content (AvgIpc) is 3.26. The molecule has 5 nitrogen and oxygen atoms in total. The number of halogens is 4. The molecule has 3 N–H and O–H groups in total. The van der Waals surface area contributed by atoms with Crippen molar-refractivity contribution in [2.24, 2.45) is 0 Å². The van der Waals surface area contributed by atoms with E-state index in [2.05, 4.69) is 16.0 Å². The van der Waals surface area contributed by atoms with Crippen molar-refractivity contribution in [1.82, 2.24) is 10.6 Å². The summed E-state index contributed by atoms with van der Waals surface area (Å²) in [6, 6.07) is 31.1. The van der Waals surface area contributed by atoms with Crippen LogP contribution in [0, 0.1) is 0 Å². The Balaban J connectivity index is 0.00000387. The number of benzene rings is 4. The van der Waals surface area contributed by atoms with Gasteiger partial charge in [0.1, 0.15) is 12.0 Å². The van der Waals surface area contributed by atoms with Gasteiger partial charge in [0.15, 0.2) is 0 Å². The van der Waals surface area contributed by atoms with Crippen molar-refractivity contribution in [3.8, 4) is 11.1 Å². The molecule has 2 amide bonds. The monoisotopic (exact) mass is 579 g/mol. The van der Waals surface area contributed by atoms with Crippen LogP contribution in [0.4, 0.5) is 18.9 Å². The van der Waals surface area contributed by atoms with Crippen LogP contribution in [0.1, 0.15) is 33.5 Å². The van der Waals surface area contributed by atoms with Crippen molar-refractivity contribution < 1.29 is 22.8 Å². The summed E-state index contributed by atoms with van der Waals surface area (Å²) in [5.74, 6) is -0.861. The molecular weight excluding hydrogens is 551 g/mol. The van der Waals surface area contributed by atoms with E-state index in [-0.39, 0.29) is 24.7 Å². The Bertz CT molecular complexity index is 1460. The van der Waals surface area contributed by atoms with E-state index in [0.717, 1.165) is 16.7 Å². The molecule has 41 heavy (non-hydrogen) atoms. The zero-order valence-electron chi connectivity index (χ0n) is 22.0. The highest BCUT2D eigenvalue weighted by Crippen LogP contribution is 2.50. The SMILES string of the molecule is Cl.O=C(Nc1ccc(CNCCC2(C(=O)NCC(F)(F)F)c3ccccc3-c3ccccc32)cc1)c1ccccc1. The molecule has 4 aromatic carbocycles. The topological polar surface area (TPSA) is 70.2 Å². The molecule has 1 aliphatic rings.